The first-order valence-corrected chi connectivity index (χ1v) is 23.2. The van der Waals surface area contributed by atoms with Crippen LogP contribution < -0.4 is 0 Å². The summed E-state index contributed by atoms with van der Waals surface area (Å²) in [6, 6.07) is 0. The Hall–Kier alpha value is 0. The van der Waals surface area contributed by atoms with Crippen LogP contribution in [0.25, 0.3) is 0 Å². The Balaban J connectivity index is 5.66. The molecule has 308 valence electrons. The van der Waals surface area contributed by atoms with Crippen LogP contribution in [0.5, 0.6) is 0 Å². The van der Waals surface area contributed by atoms with Crippen molar-refractivity contribution in [1.29, 1.82) is 0 Å². The quantitative estimate of drug-likeness (QED) is 0.0933. The van der Waals surface area contributed by atoms with Crippen LogP contribution in [0.3, 0.4) is 0 Å². The molecule has 22 unspecified atom stereocenters. The molecule has 0 fully saturated rings. The van der Waals surface area contributed by atoms with Crippen LogP contribution in [0.15, 0.2) is 0 Å². The van der Waals surface area contributed by atoms with Crippen molar-refractivity contribution >= 4 is 0 Å². The Morgan fingerprint density at radius 3 is 0.569 bits per heavy atom. The lowest BCUT2D eigenvalue weighted by molar-refractivity contribution is 0.00433. The van der Waals surface area contributed by atoms with Crippen molar-refractivity contribution in [2.24, 2.45) is 136 Å². The molecular weight excluding hydrogens is 613 g/mol. The fraction of sp³-hybridized carbons (Fsp3) is 1.00. The molecule has 0 aromatic heterocycles. The fourth-order valence-corrected chi connectivity index (χ4v) is 11.2. The zero-order chi connectivity index (χ0) is 40.6. The molecular formula is C51H104. The SMILES string of the molecule is CCC(C)C(C)C(C)C(C)C(C)C(C)C(C)C(C)C(C)C(C)C(C)C(C)C(C)C(C)C(C)C(C)C(C)C(C)C(C)(C)C(C)C(C)C(C)C(C)CC. The van der Waals surface area contributed by atoms with Gasteiger partial charge in [0.25, 0.3) is 0 Å². The Kier molecular flexibility index (Phi) is 21.9. The Morgan fingerprint density at radius 1 is 0.235 bits per heavy atom. The van der Waals surface area contributed by atoms with Gasteiger partial charge in [-0.3, -0.25) is 0 Å². The standard InChI is InChI=1S/C51H104/c1-27-29(3)31(5)33(7)34(8)35(9)36(10)37(11)38(12)39(13)40(14)41(15)42(16)43(17)44(18)45(19)46(20)48(22)50(24)51(25,26)49(23)47(21)32(6)30(4)28-2/h29-50H,27-28H2,1-26H3. The van der Waals surface area contributed by atoms with Crippen LogP contribution in [0.1, 0.15) is 193 Å². The summed E-state index contributed by atoms with van der Waals surface area (Å²) in [4.78, 5) is 0. The highest BCUT2D eigenvalue weighted by molar-refractivity contribution is 4.91. The van der Waals surface area contributed by atoms with Crippen molar-refractivity contribution in [3.63, 3.8) is 0 Å². The van der Waals surface area contributed by atoms with Gasteiger partial charge in [0.1, 0.15) is 0 Å². The van der Waals surface area contributed by atoms with Gasteiger partial charge in [0.05, 0.1) is 0 Å². The molecule has 0 nitrogen and oxygen atoms in total. The van der Waals surface area contributed by atoms with Crippen molar-refractivity contribution in [2.75, 3.05) is 0 Å². The average molecular weight is 717 g/mol. The highest BCUT2D eigenvalue weighted by Gasteiger charge is 2.43. The van der Waals surface area contributed by atoms with Crippen molar-refractivity contribution in [3.05, 3.63) is 0 Å². The van der Waals surface area contributed by atoms with Crippen LogP contribution in [0, 0.1) is 136 Å². The normalized spacial score (nSPS) is 26.2. The maximum atomic E-state index is 2.60. The average Bonchev–Trinajstić information content (AvgIpc) is 3.13. The smallest absolute Gasteiger partial charge is 0.0298 e. The molecule has 0 amide bonds. The third-order valence-electron chi connectivity index (χ3n) is 20.3. The van der Waals surface area contributed by atoms with Gasteiger partial charge in [-0.25, -0.2) is 0 Å². The molecule has 0 N–H and O–H groups in total. The van der Waals surface area contributed by atoms with Crippen LogP contribution in [0.4, 0.5) is 0 Å². The number of rotatable bonds is 24. The zero-order valence-electron chi connectivity index (χ0n) is 40.6. The molecule has 0 aliphatic rings. The maximum absolute atomic E-state index is 2.60. The summed E-state index contributed by atoms with van der Waals surface area (Å²) in [5.74, 6) is 16.3. The van der Waals surface area contributed by atoms with Gasteiger partial charge in [-0.05, 0) is 136 Å². The van der Waals surface area contributed by atoms with E-state index in [-0.39, 0.29) is 0 Å². The third kappa shape index (κ3) is 12.5. The monoisotopic (exact) mass is 717 g/mol. The van der Waals surface area contributed by atoms with Gasteiger partial charge in [0.2, 0.25) is 0 Å². The van der Waals surface area contributed by atoms with E-state index in [0.717, 1.165) is 107 Å². The highest BCUT2D eigenvalue weighted by atomic mass is 14.5. The molecule has 0 saturated carbocycles. The van der Waals surface area contributed by atoms with Gasteiger partial charge >= 0.3 is 0 Å². The van der Waals surface area contributed by atoms with E-state index in [2.05, 4.69) is 180 Å². The van der Waals surface area contributed by atoms with E-state index in [0.29, 0.717) is 29.1 Å². The topological polar surface area (TPSA) is 0 Å². The minimum Gasteiger partial charge on any atom is -0.0651 e. The number of hydrogen-bond acceptors (Lipinski definition) is 0. The Bertz CT molecular complexity index is 915. The second-order valence-corrected chi connectivity index (χ2v) is 21.6. The maximum Gasteiger partial charge on any atom is -0.0298 e. The molecule has 0 radical (unpaired) electrons. The van der Waals surface area contributed by atoms with E-state index in [1.807, 2.05) is 0 Å². The fourth-order valence-electron chi connectivity index (χ4n) is 11.2. The lowest BCUT2D eigenvalue weighted by Gasteiger charge is -2.48. The van der Waals surface area contributed by atoms with E-state index in [9.17, 15) is 0 Å². The van der Waals surface area contributed by atoms with Crippen LogP contribution >= 0.6 is 0 Å². The predicted octanol–water partition coefficient (Wildman–Crippen LogP) is 16.8. The second-order valence-electron chi connectivity index (χ2n) is 21.6. The molecule has 0 bridgehead atoms. The van der Waals surface area contributed by atoms with E-state index in [1.54, 1.807) is 0 Å². The molecule has 0 heteroatoms. The van der Waals surface area contributed by atoms with E-state index >= 15 is 0 Å². The van der Waals surface area contributed by atoms with E-state index in [1.165, 1.54) is 12.8 Å². The highest BCUT2D eigenvalue weighted by Crippen LogP contribution is 2.49. The van der Waals surface area contributed by atoms with Crippen LogP contribution in [0.2, 0.25) is 0 Å². The van der Waals surface area contributed by atoms with Gasteiger partial charge in [-0.2, -0.15) is 0 Å². The first kappa shape index (κ1) is 51.0. The summed E-state index contributed by atoms with van der Waals surface area (Å²) in [6.45, 7) is 66.3. The van der Waals surface area contributed by atoms with Gasteiger partial charge in [0, 0.05) is 0 Å². The molecule has 0 spiro atoms. The van der Waals surface area contributed by atoms with E-state index in [4.69, 9.17) is 0 Å². The first-order valence-electron chi connectivity index (χ1n) is 23.2. The van der Waals surface area contributed by atoms with Crippen molar-refractivity contribution < 1.29 is 0 Å². The lowest BCUT2D eigenvalue weighted by atomic mass is 9.57. The van der Waals surface area contributed by atoms with Crippen LogP contribution in [-0.2, 0) is 0 Å². The molecule has 0 rings (SSSR count). The summed E-state index contributed by atoms with van der Waals surface area (Å²) in [5, 5.41) is 0. The molecule has 0 aromatic carbocycles. The largest absolute Gasteiger partial charge is 0.0651 e. The third-order valence-corrected chi connectivity index (χ3v) is 20.3. The molecule has 0 aliphatic carbocycles. The molecule has 0 saturated heterocycles. The predicted molar refractivity (Wildman–Crippen MR) is 236 cm³/mol. The van der Waals surface area contributed by atoms with Crippen molar-refractivity contribution in [1.82, 2.24) is 0 Å². The Morgan fingerprint density at radius 2 is 0.373 bits per heavy atom. The van der Waals surface area contributed by atoms with Crippen molar-refractivity contribution in [2.45, 2.75) is 193 Å². The summed E-state index contributed by atoms with van der Waals surface area (Å²) < 4.78 is 0. The minimum atomic E-state index is 0.322. The lowest BCUT2D eigenvalue weighted by Crippen LogP contribution is -2.42. The summed E-state index contributed by atoms with van der Waals surface area (Å²) in [6.07, 6.45) is 2.59. The molecule has 0 aliphatic heterocycles. The van der Waals surface area contributed by atoms with Gasteiger partial charge in [-0.1, -0.05) is 193 Å². The van der Waals surface area contributed by atoms with Crippen LogP contribution in [-0.4, -0.2) is 0 Å². The first-order chi connectivity index (χ1) is 23.2. The molecule has 51 heavy (non-hydrogen) atoms. The van der Waals surface area contributed by atoms with Gasteiger partial charge in [-0.15, -0.1) is 0 Å². The van der Waals surface area contributed by atoms with Crippen molar-refractivity contribution in [3.8, 4) is 0 Å². The molecule has 22 atom stereocenters. The summed E-state index contributed by atoms with van der Waals surface area (Å²) in [7, 11) is 0. The van der Waals surface area contributed by atoms with E-state index < -0.39 is 0 Å². The molecule has 0 aromatic rings. The summed E-state index contributed by atoms with van der Waals surface area (Å²) in [5.41, 5.74) is 0.322. The molecule has 0 heterocycles. The number of hydrogen-bond donors (Lipinski definition) is 0. The minimum absolute atomic E-state index is 0.322. The van der Waals surface area contributed by atoms with Gasteiger partial charge in [0.15, 0.2) is 0 Å². The Labute approximate surface area is 327 Å². The van der Waals surface area contributed by atoms with Gasteiger partial charge < -0.3 is 0 Å². The second kappa shape index (κ2) is 21.9. The summed E-state index contributed by atoms with van der Waals surface area (Å²) >= 11 is 0. The zero-order valence-corrected chi connectivity index (χ0v) is 40.6.